The molecule has 0 saturated heterocycles. The third kappa shape index (κ3) is 2.92. The van der Waals surface area contributed by atoms with Crippen LogP contribution in [0, 0.1) is 5.82 Å². The number of carboxylic acids is 1. The lowest BCUT2D eigenvalue weighted by Crippen LogP contribution is -2.12. The number of aromatic carboxylic acids is 1. The summed E-state index contributed by atoms with van der Waals surface area (Å²) in [5.41, 5.74) is -0.0382. The molecule has 0 aliphatic carbocycles. The summed E-state index contributed by atoms with van der Waals surface area (Å²) in [5.74, 6) is -2.77. The van der Waals surface area contributed by atoms with Gasteiger partial charge in [0.1, 0.15) is 11.6 Å². The van der Waals surface area contributed by atoms with Crippen molar-refractivity contribution in [3.05, 3.63) is 59.4 Å². The largest absolute Gasteiger partial charge is 0.508 e. The number of aromatic hydroxyl groups is 1. The fourth-order valence-electron chi connectivity index (χ4n) is 1.58. The van der Waals surface area contributed by atoms with Gasteiger partial charge < -0.3 is 15.5 Å². The third-order valence-electron chi connectivity index (χ3n) is 2.59. The second-order valence-electron chi connectivity index (χ2n) is 4.00. The second-order valence-corrected chi connectivity index (χ2v) is 4.00. The molecule has 3 N–H and O–H groups in total. The molecule has 2 aromatic rings. The number of hydrogen-bond acceptors (Lipinski definition) is 3. The van der Waals surface area contributed by atoms with E-state index >= 15 is 0 Å². The quantitative estimate of drug-likeness (QED) is 0.803. The Bertz CT molecular complexity index is 667. The summed E-state index contributed by atoms with van der Waals surface area (Å²) in [7, 11) is 0. The van der Waals surface area contributed by atoms with Crippen molar-refractivity contribution >= 4 is 17.6 Å². The molecule has 6 heteroatoms. The summed E-state index contributed by atoms with van der Waals surface area (Å²) >= 11 is 0. The second kappa shape index (κ2) is 5.40. The number of benzene rings is 2. The van der Waals surface area contributed by atoms with E-state index in [0.29, 0.717) is 0 Å². The first-order valence-corrected chi connectivity index (χ1v) is 5.60. The molecule has 20 heavy (non-hydrogen) atoms. The number of halogens is 1. The Balaban J connectivity index is 2.18. The van der Waals surface area contributed by atoms with Gasteiger partial charge in [-0.25, -0.2) is 9.18 Å². The summed E-state index contributed by atoms with van der Waals surface area (Å²) in [5, 5.41) is 20.2. The SMILES string of the molecule is O=C(Nc1ccc(C(=O)O)c(F)c1)c1ccc(O)cc1. The Morgan fingerprint density at radius 2 is 1.70 bits per heavy atom. The number of carbonyl (C=O) groups excluding carboxylic acids is 1. The molecule has 0 aliphatic rings. The van der Waals surface area contributed by atoms with Crippen LogP contribution in [0.5, 0.6) is 5.75 Å². The Morgan fingerprint density at radius 3 is 2.25 bits per heavy atom. The lowest BCUT2D eigenvalue weighted by atomic mass is 10.1. The fraction of sp³-hybridized carbons (Fsp3) is 0. The van der Waals surface area contributed by atoms with Crippen LogP contribution in [-0.2, 0) is 0 Å². The molecule has 0 saturated carbocycles. The van der Waals surface area contributed by atoms with Gasteiger partial charge in [-0.2, -0.15) is 0 Å². The molecular formula is C14H10FNO4. The Kier molecular flexibility index (Phi) is 3.65. The van der Waals surface area contributed by atoms with Gasteiger partial charge in [0.05, 0.1) is 5.56 Å². The number of carboxylic acid groups (broad SMARTS) is 1. The fourth-order valence-corrected chi connectivity index (χ4v) is 1.58. The van der Waals surface area contributed by atoms with Gasteiger partial charge in [-0.15, -0.1) is 0 Å². The molecule has 0 atom stereocenters. The van der Waals surface area contributed by atoms with E-state index in [9.17, 15) is 14.0 Å². The van der Waals surface area contributed by atoms with E-state index in [1.54, 1.807) is 0 Å². The van der Waals surface area contributed by atoms with E-state index in [4.69, 9.17) is 10.2 Å². The topological polar surface area (TPSA) is 86.6 Å². The maximum absolute atomic E-state index is 13.4. The van der Waals surface area contributed by atoms with Crippen molar-refractivity contribution in [2.45, 2.75) is 0 Å². The van der Waals surface area contributed by atoms with Crippen LogP contribution < -0.4 is 5.32 Å². The van der Waals surface area contributed by atoms with E-state index in [2.05, 4.69) is 5.32 Å². The summed E-state index contributed by atoms with van der Waals surface area (Å²) in [6.45, 7) is 0. The minimum absolute atomic E-state index is 0.0263. The molecule has 5 nitrogen and oxygen atoms in total. The minimum Gasteiger partial charge on any atom is -0.508 e. The lowest BCUT2D eigenvalue weighted by molar-refractivity contribution is 0.0692. The van der Waals surface area contributed by atoms with Crippen LogP contribution in [0.1, 0.15) is 20.7 Å². The molecular weight excluding hydrogens is 265 g/mol. The first kappa shape index (κ1) is 13.5. The number of nitrogens with one attached hydrogen (secondary N) is 1. The Labute approximate surface area is 113 Å². The standard InChI is InChI=1S/C14H10FNO4/c15-12-7-9(3-6-11(12)14(19)20)16-13(18)8-1-4-10(17)5-2-8/h1-7,17H,(H,16,18)(H,19,20). The summed E-state index contributed by atoms with van der Waals surface area (Å²) in [6.07, 6.45) is 0. The van der Waals surface area contributed by atoms with Crippen LogP contribution in [0.25, 0.3) is 0 Å². The van der Waals surface area contributed by atoms with E-state index in [1.807, 2.05) is 0 Å². The molecule has 0 aromatic heterocycles. The van der Waals surface area contributed by atoms with Crippen molar-refractivity contribution in [3.8, 4) is 5.75 Å². The van der Waals surface area contributed by atoms with Crippen LogP contribution in [-0.4, -0.2) is 22.1 Å². The number of phenolic OH excluding ortho intramolecular Hbond substituents is 1. The number of carbonyl (C=O) groups is 2. The minimum atomic E-state index is -1.38. The van der Waals surface area contributed by atoms with E-state index in [1.165, 1.54) is 30.3 Å². The number of phenols is 1. The zero-order valence-corrected chi connectivity index (χ0v) is 10.1. The van der Waals surface area contributed by atoms with Crippen molar-refractivity contribution in [1.29, 1.82) is 0 Å². The lowest BCUT2D eigenvalue weighted by Gasteiger charge is -2.06. The molecule has 0 unspecified atom stereocenters. The first-order valence-electron chi connectivity index (χ1n) is 5.60. The summed E-state index contributed by atoms with van der Waals surface area (Å²) in [4.78, 5) is 22.5. The van der Waals surface area contributed by atoms with E-state index in [0.717, 1.165) is 12.1 Å². The maximum Gasteiger partial charge on any atom is 0.338 e. The highest BCUT2D eigenvalue weighted by Gasteiger charge is 2.12. The van der Waals surface area contributed by atoms with Gasteiger partial charge in [-0.1, -0.05) is 0 Å². The molecule has 0 heterocycles. The highest BCUT2D eigenvalue weighted by Crippen LogP contribution is 2.16. The number of hydrogen-bond donors (Lipinski definition) is 3. The van der Waals surface area contributed by atoms with Gasteiger partial charge in [0.2, 0.25) is 0 Å². The zero-order valence-electron chi connectivity index (χ0n) is 10.1. The van der Waals surface area contributed by atoms with Crippen molar-refractivity contribution in [1.82, 2.24) is 0 Å². The van der Waals surface area contributed by atoms with Crippen molar-refractivity contribution < 1.29 is 24.2 Å². The van der Waals surface area contributed by atoms with Gasteiger partial charge in [-0.3, -0.25) is 4.79 Å². The Hall–Kier alpha value is -2.89. The summed E-state index contributed by atoms with van der Waals surface area (Å²) in [6, 6.07) is 8.82. The van der Waals surface area contributed by atoms with Crippen LogP contribution >= 0.6 is 0 Å². The average Bonchev–Trinajstić information content (AvgIpc) is 2.39. The van der Waals surface area contributed by atoms with E-state index < -0.39 is 23.3 Å². The smallest absolute Gasteiger partial charge is 0.338 e. The van der Waals surface area contributed by atoms with Crippen LogP contribution in [0.4, 0.5) is 10.1 Å². The summed E-state index contributed by atoms with van der Waals surface area (Å²) < 4.78 is 13.4. The molecule has 2 rings (SSSR count). The van der Waals surface area contributed by atoms with Gasteiger partial charge in [0.15, 0.2) is 0 Å². The number of anilines is 1. The van der Waals surface area contributed by atoms with Crippen LogP contribution in [0.15, 0.2) is 42.5 Å². The highest BCUT2D eigenvalue weighted by atomic mass is 19.1. The Morgan fingerprint density at radius 1 is 1.05 bits per heavy atom. The molecule has 102 valence electrons. The van der Waals surface area contributed by atoms with Crippen molar-refractivity contribution in [2.24, 2.45) is 0 Å². The van der Waals surface area contributed by atoms with Gasteiger partial charge in [0, 0.05) is 11.3 Å². The molecule has 0 bridgehead atoms. The number of rotatable bonds is 3. The van der Waals surface area contributed by atoms with Gasteiger partial charge in [-0.05, 0) is 42.5 Å². The first-order chi connectivity index (χ1) is 9.47. The monoisotopic (exact) mass is 275 g/mol. The molecule has 0 fully saturated rings. The molecule has 0 spiro atoms. The zero-order chi connectivity index (χ0) is 14.7. The number of amides is 1. The highest BCUT2D eigenvalue weighted by molar-refractivity contribution is 6.04. The third-order valence-corrected chi connectivity index (χ3v) is 2.59. The molecule has 0 radical (unpaired) electrons. The molecule has 0 aliphatic heterocycles. The average molecular weight is 275 g/mol. The predicted octanol–water partition coefficient (Wildman–Crippen LogP) is 2.48. The molecule has 1 amide bonds. The van der Waals surface area contributed by atoms with Crippen molar-refractivity contribution in [3.63, 3.8) is 0 Å². The van der Waals surface area contributed by atoms with Crippen molar-refractivity contribution in [2.75, 3.05) is 5.32 Å². The normalized spacial score (nSPS) is 10.1. The maximum atomic E-state index is 13.4. The van der Waals surface area contributed by atoms with Crippen LogP contribution in [0.2, 0.25) is 0 Å². The van der Waals surface area contributed by atoms with Crippen LogP contribution in [0.3, 0.4) is 0 Å². The van der Waals surface area contributed by atoms with Gasteiger partial charge in [0.25, 0.3) is 5.91 Å². The predicted molar refractivity (Wildman–Crippen MR) is 69.4 cm³/mol. The van der Waals surface area contributed by atoms with E-state index in [-0.39, 0.29) is 17.0 Å². The molecule has 2 aromatic carbocycles. The van der Waals surface area contributed by atoms with Gasteiger partial charge >= 0.3 is 5.97 Å².